The van der Waals surface area contributed by atoms with E-state index >= 15 is 0 Å². The van der Waals surface area contributed by atoms with Crippen LogP contribution in [-0.2, 0) is 6.42 Å². The van der Waals surface area contributed by atoms with Crippen LogP contribution in [0.5, 0.6) is 0 Å². The summed E-state index contributed by atoms with van der Waals surface area (Å²) in [7, 11) is 0. The minimum atomic E-state index is 0.403. The van der Waals surface area contributed by atoms with Crippen LogP contribution in [0.15, 0.2) is 18.2 Å². The second-order valence-electron chi connectivity index (χ2n) is 4.65. The molecule has 0 spiro atoms. The maximum atomic E-state index is 6.11. The van der Waals surface area contributed by atoms with Crippen LogP contribution in [0, 0.1) is 20.8 Å². The Balaban J connectivity index is 2.31. The highest BCUT2D eigenvalue weighted by atomic mass is 35.5. The van der Waals surface area contributed by atoms with Crippen LogP contribution in [0.3, 0.4) is 0 Å². The van der Waals surface area contributed by atoms with Crippen molar-refractivity contribution >= 4 is 23.1 Å². The number of hydrogen-bond acceptors (Lipinski definition) is 3. The molecular weight excluding hydrogens is 258 g/mol. The minimum absolute atomic E-state index is 0.403. The molecule has 0 amide bonds. The first kappa shape index (κ1) is 13.8. The number of hydrogen-bond donors (Lipinski definition) is 1. The molecule has 0 atom stereocenters. The fourth-order valence-corrected chi connectivity index (χ4v) is 2.18. The number of rotatable bonds is 3. The van der Waals surface area contributed by atoms with Gasteiger partial charge in [-0.2, -0.15) is 0 Å². The van der Waals surface area contributed by atoms with E-state index in [1.807, 2.05) is 19.9 Å². The average molecular weight is 276 g/mol. The standard InChI is InChI=1S/C15H18ClN3/c1-5-12-6-7-13(8-9(12)2)19-15-14(16)17-10(3)11(4)18-15/h6-8H,5H2,1-4H3,(H,18,19). The van der Waals surface area contributed by atoms with Crippen LogP contribution in [-0.4, -0.2) is 9.97 Å². The molecular formula is C15H18ClN3. The van der Waals surface area contributed by atoms with Crippen molar-refractivity contribution < 1.29 is 0 Å². The fourth-order valence-electron chi connectivity index (χ4n) is 1.96. The molecule has 0 radical (unpaired) electrons. The van der Waals surface area contributed by atoms with E-state index in [9.17, 15) is 0 Å². The summed E-state index contributed by atoms with van der Waals surface area (Å²) in [5.74, 6) is 0.605. The van der Waals surface area contributed by atoms with E-state index < -0.39 is 0 Å². The van der Waals surface area contributed by atoms with Gasteiger partial charge in [0.15, 0.2) is 11.0 Å². The van der Waals surface area contributed by atoms with E-state index in [2.05, 4.69) is 41.3 Å². The third-order valence-electron chi connectivity index (χ3n) is 3.25. The average Bonchev–Trinajstić information content (AvgIpc) is 2.36. The van der Waals surface area contributed by atoms with Crippen molar-refractivity contribution in [2.24, 2.45) is 0 Å². The molecule has 2 rings (SSSR count). The van der Waals surface area contributed by atoms with Crippen LogP contribution >= 0.6 is 11.6 Å². The first-order chi connectivity index (χ1) is 9.01. The molecule has 2 aromatic rings. The van der Waals surface area contributed by atoms with E-state index in [0.717, 1.165) is 23.5 Å². The van der Waals surface area contributed by atoms with Crippen molar-refractivity contribution in [1.82, 2.24) is 9.97 Å². The lowest BCUT2D eigenvalue weighted by molar-refractivity contribution is 1.05. The lowest BCUT2D eigenvalue weighted by Crippen LogP contribution is -2.01. The van der Waals surface area contributed by atoms with Gasteiger partial charge in [-0.3, -0.25) is 0 Å². The zero-order chi connectivity index (χ0) is 14.0. The predicted octanol–water partition coefficient (Wildman–Crippen LogP) is 4.36. The topological polar surface area (TPSA) is 37.8 Å². The van der Waals surface area contributed by atoms with Crippen molar-refractivity contribution in [3.8, 4) is 0 Å². The number of halogens is 1. The summed E-state index contributed by atoms with van der Waals surface area (Å²) in [6, 6.07) is 6.27. The highest BCUT2D eigenvalue weighted by Gasteiger charge is 2.08. The largest absolute Gasteiger partial charge is 0.338 e. The van der Waals surface area contributed by atoms with Gasteiger partial charge in [0.25, 0.3) is 0 Å². The van der Waals surface area contributed by atoms with E-state index in [-0.39, 0.29) is 0 Å². The van der Waals surface area contributed by atoms with Gasteiger partial charge in [0.1, 0.15) is 0 Å². The van der Waals surface area contributed by atoms with Crippen LogP contribution in [0.2, 0.25) is 5.15 Å². The lowest BCUT2D eigenvalue weighted by Gasteiger charge is -2.11. The van der Waals surface area contributed by atoms with Gasteiger partial charge in [0, 0.05) is 5.69 Å². The van der Waals surface area contributed by atoms with Gasteiger partial charge in [0.05, 0.1) is 11.4 Å². The molecule has 0 aliphatic rings. The van der Waals surface area contributed by atoms with Crippen LogP contribution < -0.4 is 5.32 Å². The monoisotopic (exact) mass is 275 g/mol. The van der Waals surface area contributed by atoms with Gasteiger partial charge in [-0.25, -0.2) is 9.97 Å². The third-order valence-corrected chi connectivity index (χ3v) is 3.51. The number of nitrogens with zero attached hydrogens (tertiary/aromatic N) is 2. The van der Waals surface area contributed by atoms with Gasteiger partial charge in [-0.15, -0.1) is 0 Å². The summed E-state index contributed by atoms with van der Waals surface area (Å²) in [4.78, 5) is 8.70. The van der Waals surface area contributed by atoms with E-state index in [4.69, 9.17) is 11.6 Å². The highest BCUT2D eigenvalue weighted by molar-refractivity contribution is 6.31. The zero-order valence-corrected chi connectivity index (χ0v) is 12.5. The van der Waals surface area contributed by atoms with Crippen LogP contribution in [0.4, 0.5) is 11.5 Å². The Bertz CT molecular complexity index is 609. The molecule has 0 aliphatic heterocycles. The van der Waals surface area contributed by atoms with Crippen molar-refractivity contribution in [2.45, 2.75) is 34.1 Å². The van der Waals surface area contributed by atoms with Gasteiger partial charge >= 0.3 is 0 Å². The van der Waals surface area contributed by atoms with Gasteiger partial charge in [0.2, 0.25) is 0 Å². The van der Waals surface area contributed by atoms with E-state index in [1.54, 1.807) is 0 Å². The molecule has 100 valence electrons. The van der Waals surface area contributed by atoms with Crippen molar-refractivity contribution in [3.05, 3.63) is 45.9 Å². The van der Waals surface area contributed by atoms with Crippen LogP contribution in [0.1, 0.15) is 29.4 Å². The van der Waals surface area contributed by atoms with E-state index in [1.165, 1.54) is 11.1 Å². The third kappa shape index (κ3) is 3.04. The maximum Gasteiger partial charge on any atom is 0.172 e. The molecule has 3 nitrogen and oxygen atoms in total. The van der Waals surface area contributed by atoms with Gasteiger partial charge in [-0.1, -0.05) is 24.6 Å². The lowest BCUT2D eigenvalue weighted by atomic mass is 10.1. The summed E-state index contributed by atoms with van der Waals surface area (Å²) >= 11 is 6.11. The normalized spacial score (nSPS) is 10.6. The molecule has 1 N–H and O–H groups in total. The highest BCUT2D eigenvalue weighted by Crippen LogP contribution is 2.24. The Morgan fingerprint density at radius 2 is 1.79 bits per heavy atom. The predicted molar refractivity (Wildman–Crippen MR) is 80.4 cm³/mol. The summed E-state index contributed by atoms with van der Waals surface area (Å²) in [5, 5.41) is 3.63. The minimum Gasteiger partial charge on any atom is -0.338 e. The Morgan fingerprint density at radius 3 is 2.42 bits per heavy atom. The molecule has 1 aromatic carbocycles. The molecule has 0 fully saturated rings. The summed E-state index contributed by atoms with van der Waals surface area (Å²) in [6.07, 6.45) is 1.04. The Hall–Kier alpha value is -1.61. The molecule has 1 heterocycles. The second kappa shape index (κ2) is 5.57. The number of aromatic nitrogens is 2. The maximum absolute atomic E-state index is 6.11. The SMILES string of the molecule is CCc1ccc(Nc2nc(C)c(C)nc2Cl)cc1C. The smallest absolute Gasteiger partial charge is 0.172 e. The number of anilines is 2. The van der Waals surface area contributed by atoms with Gasteiger partial charge < -0.3 is 5.32 Å². The van der Waals surface area contributed by atoms with Crippen molar-refractivity contribution in [1.29, 1.82) is 0 Å². The zero-order valence-electron chi connectivity index (χ0n) is 11.7. The first-order valence-corrected chi connectivity index (χ1v) is 6.76. The molecule has 19 heavy (non-hydrogen) atoms. The molecule has 4 heteroatoms. The molecule has 0 bridgehead atoms. The quantitative estimate of drug-likeness (QED) is 0.904. The summed E-state index contributed by atoms with van der Waals surface area (Å²) < 4.78 is 0. The fraction of sp³-hybridized carbons (Fsp3) is 0.333. The molecule has 0 saturated heterocycles. The first-order valence-electron chi connectivity index (χ1n) is 6.38. The van der Waals surface area contributed by atoms with E-state index in [0.29, 0.717) is 11.0 Å². The number of benzene rings is 1. The molecule has 1 aromatic heterocycles. The molecule has 0 saturated carbocycles. The Labute approximate surface area is 119 Å². The number of nitrogens with one attached hydrogen (secondary N) is 1. The Morgan fingerprint density at radius 1 is 1.11 bits per heavy atom. The summed E-state index contributed by atoms with van der Waals surface area (Å²) in [6.45, 7) is 8.09. The summed E-state index contributed by atoms with van der Waals surface area (Å²) in [5.41, 5.74) is 5.33. The Kier molecular flexibility index (Phi) is 4.05. The second-order valence-corrected chi connectivity index (χ2v) is 5.01. The van der Waals surface area contributed by atoms with Crippen LogP contribution in [0.25, 0.3) is 0 Å². The van der Waals surface area contributed by atoms with Crippen molar-refractivity contribution in [3.63, 3.8) is 0 Å². The van der Waals surface area contributed by atoms with Gasteiger partial charge in [-0.05, 0) is 50.5 Å². The number of aryl methyl sites for hydroxylation is 4. The molecule has 0 aliphatic carbocycles. The van der Waals surface area contributed by atoms with Crippen molar-refractivity contribution in [2.75, 3.05) is 5.32 Å². The molecule has 0 unspecified atom stereocenters.